The van der Waals surface area contributed by atoms with Crippen LogP contribution in [-0.4, -0.2) is 108 Å². The molecule has 618 valence electrons. The molecule has 4 fully saturated rings. The second-order valence-electron chi connectivity index (χ2n) is 33.1. The third-order valence-corrected chi connectivity index (χ3v) is 29.3. The summed E-state index contributed by atoms with van der Waals surface area (Å²) in [5, 5.41) is 12.0. The predicted molar refractivity (Wildman–Crippen MR) is 462 cm³/mol. The van der Waals surface area contributed by atoms with Crippen LogP contribution in [-0.2, 0) is 114 Å². The van der Waals surface area contributed by atoms with Gasteiger partial charge in [0, 0.05) is 11.3 Å². The number of aliphatic hydroxyl groups is 1. The third-order valence-electron chi connectivity index (χ3n) is 23.8. The maximum atomic E-state index is 15.7. The molecule has 0 aromatic heterocycles. The number of para-hydroxylation sites is 1. The van der Waals surface area contributed by atoms with Crippen molar-refractivity contribution in [2.45, 2.75) is 184 Å². The van der Waals surface area contributed by atoms with E-state index in [9.17, 15) is 5.11 Å². The van der Waals surface area contributed by atoms with Crippen LogP contribution in [0.25, 0.3) is 11.1 Å². The number of rotatable bonds is 35. The summed E-state index contributed by atoms with van der Waals surface area (Å²) in [5.41, 5.74) is 8.15. The molecule has 17 nitrogen and oxygen atoms in total. The number of ether oxygens (including phenoxy) is 10. The monoisotopic (exact) mass is 1640 g/mol. The molecule has 3 saturated heterocycles. The van der Waals surface area contributed by atoms with Gasteiger partial charge in [0.15, 0.2) is 6.29 Å². The number of carbonyl (C=O) groups excluding carboxylic acids is 1. The van der Waals surface area contributed by atoms with Gasteiger partial charge in [-0.3, -0.25) is 4.79 Å². The van der Waals surface area contributed by atoms with Crippen molar-refractivity contribution in [2.24, 2.45) is 5.41 Å². The summed E-state index contributed by atoms with van der Waals surface area (Å²) in [6, 6.07) is 101. The van der Waals surface area contributed by atoms with Crippen LogP contribution in [0.3, 0.4) is 0 Å². The SMILES string of the molecule is CC(C)(C)[Si](C)(C)Oc1cc(-c2cccc(OS(=O)(=O)C[C@@H]3OC(COCc4ccccc4)[C@H](O[C@@H]4OC(COCc5ccccc5)[C@H](OCc5ccccc5)[C@H](OCc5ccccc5)C4OCc4ccccc4)[C@H](OCc4ccccc4)C3OCc3ccccc3)c2)ccc1[C@H]1N(c2ccccc2)C(=O)C12CCC(O)(c1ccccc1)CC2. The lowest BCUT2D eigenvalue weighted by Gasteiger charge is -2.60. The van der Waals surface area contributed by atoms with E-state index in [-0.39, 0.29) is 76.2 Å². The van der Waals surface area contributed by atoms with E-state index in [4.69, 9.17) is 56.0 Å². The van der Waals surface area contributed by atoms with Crippen LogP contribution in [0, 0.1) is 5.41 Å². The van der Waals surface area contributed by atoms with Crippen molar-refractivity contribution in [3.05, 3.63) is 366 Å². The summed E-state index contributed by atoms with van der Waals surface area (Å²) < 4.78 is 117. The summed E-state index contributed by atoms with van der Waals surface area (Å²) in [7, 11) is -7.30. The molecule has 3 heterocycles. The number of nitrogens with zero attached hydrogens (tertiary/aromatic N) is 1. The summed E-state index contributed by atoms with van der Waals surface area (Å²) in [6.45, 7) is 11.9. The maximum Gasteiger partial charge on any atom is 0.311 e. The molecule has 119 heavy (non-hydrogen) atoms. The fourth-order valence-corrected chi connectivity index (χ4v) is 18.5. The van der Waals surface area contributed by atoms with Gasteiger partial charge in [-0.05, 0) is 130 Å². The zero-order chi connectivity index (χ0) is 82.2. The summed E-state index contributed by atoms with van der Waals surface area (Å²) in [5.74, 6) is -0.0196. The highest BCUT2D eigenvalue weighted by molar-refractivity contribution is 7.87. The molecule has 3 aliphatic heterocycles. The number of hydrogen-bond donors (Lipinski definition) is 1. The van der Waals surface area contributed by atoms with Crippen molar-refractivity contribution < 1.29 is 74.3 Å². The lowest BCUT2D eigenvalue weighted by atomic mass is 9.56. The predicted octanol–water partition coefficient (Wildman–Crippen LogP) is 19.2. The Kier molecular flexibility index (Phi) is 27.4. The van der Waals surface area contributed by atoms with Gasteiger partial charge >= 0.3 is 10.1 Å². The van der Waals surface area contributed by atoms with Crippen molar-refractivity contribution in [3.8, 4) is 22.6 Å². The van der Waals surface area contributed by atoms with Crippen molar-refractivity contribution in [1.29, 1.82) is 0 Å². The highest BCUT2D eigenvalue weighted by Crippen LogP contribution is 2.63. The van der Waals surface area contributed by atoms with Crippen LogP contribution >= 0.6 is 0 Å². The molecule has 1 aliphatic carbocycles. The van der Waals surface area contributed by atoms with Gasteiger partial charge in [-0.25, -0.2) is 0 Å². The molecule has 1 spiro atoms. The average Bonchev–Trinajstić information content (AvgIpc) is 0.690. The minimum atomic E-state index is -4.67. The second kappa shape index (κ2) is 38.7. The Balaban J connectivity index is 0.791. The summed E-state index contributed by atoms with van der Waals surface area (Å²) in [4.78, 5) is 17.1. The molecule has 15 rings (SSSR count). The topological polar surface area (TPSA) is 185 Å². The van der Waals surface area contributed by atoms with E-state index in [1.807, 2.05) is 296 Å². The summed E-state index contributed by atoms with van der Waals surface area (Å²) >= 11 is 0. The van der Waals surface area contributed by atoms with E-state index in [1.165, 1.54) is 0 Å². The van der Waals surface area contributed by atoms with Crippen LogP contribution in [0.1, 0.15) is 103 Å². The average molecular weight is 1640 g/mol. The van der Waals surface area contributed by atoms with Crippen LogP contribution in [0.15, 0.2) is 315 Å². The fourth-order valence-electron chi connectivity index (χ4n) is 16.4. The van der Waals surface area contributed by atoms with Crippen molar-refractivity contribution in [3.63, 3.8) is 0 Å². The van der Waals surface area contributed by atoms with Crippen LogP contribution in [0.5, 0.6) is 11.5 Å². The molecule has 0 bridgehead atoms. The molecule has 11 atom stereocenters. The molecule has 11 aromatic carbocycles. The number of β-lactam (4-membered cyclic amide) rings is 1. The van der Waals surface area contributed by atoms with E-state index < -0.39 is 102 Å². The highest BCUT2D eigenvalue weighted by atomic mass is 32.2. The molecule has 4 aliphatic rings. The van der Waals surface area contributed by atoms with Crippen LogP contribution in [0.4, 0.5) is 5.69 Å². The van der Waals surface area contributed by atoms with E-state index in [2.05, 4.69) is 39.9 Å². The quantitative estimate of drug-likeness (QED) is 0.0224. The van der Waals surface area contributed by atoms with Gasteiger partial charge in [0.2, 0.25) is 14.2 Å². The second-order valence-corrected chi connectivity index (χ2v) is 39.4. The first-order valence-electron chi connectivity index (χ1n) is 41.3. The normalized spacial score (nSPS) is 24.0. The molecule has 11 aromatic rings. The number of benzene rings is 11. The van der Waals surface area contributed by atoms with Gasteiger partial charge in [-0.1, -0.05) is 306 Å². The molecular formula is C100H107NO16SSi. The van der Waals surface area contributed by atoms with Gasteiger partial charge in [0.25, 0.3) is 0 Å². The maximum absolute atomic E-state index is 15.7. The Morgan fingerprint density at radius 1 is 0.429 bits per heavy atom. The largest absolute Gasteiger partial charge is 0.543 e. The molecule has 19 heteroatoms. The minimum Gasteiger partial charge on any atom is -0.543 e. The number of carbonyl (C=O) groups is 1. The molecule has 4 unspecified atom stereocenters. The Hall–Kier alpha value is -9.78. The van der Waals surface area contributed by atoms with Crippen molar-refractivity contribution in [2.75, 3.05) is 23.9 Å². The molecule has 1 N–H and O–H groups in total. The first-order chi connectivity index (χ1) is 57.8. The molecular weight excluding hydrogens is 1530 g/mol. The smallest absolute Gasteiger partial charge is 0.311 e. The van der Waals surface area contributed by atoms with E-state index in [0.717, 1.165) is 61.3 Å². The fraction of sp³-hybridized carbons (Fsp3) is 0.330. The van der Waals surface area contributed by atoms with E-state index in [0.29, 0.717) is 37.0 Å². The first-order valence-corrected chi connectivity index (χ1v) is 45.8. The first kappa shape index (κ1) is 84.2. The van der Waals surface area contributed by atoms with Gasteiger partial charge in [0.1, 0.15) is 72.2 Å². The van der Waals surface area contributed by atoms with Crippen LogP contribution in [0.2, 0.25) is 18.1 Å². The number of hydrogen-bond acceptors (Lipinski definition) is 16. The zero-order valence-electron chi connectivity index (χ0n) is 68.2. The lowest BCUT2D eigenvalue weighted by Crippen LogP contribution is -2.66. The standard InChI is InChI=1S/C100H107NO16SSi/c1-98(2,3)119(4,5)117-85-61-80(54-55-84(85)95-99(97(102)101(95)82-51-31-14-32-52-82)56-58-100(103,59-57-99)81-49-29-13-30-50-81)79-48-33-53-83(60-79)116-118(104,105)71-88-90(109-65-75-40-21-9-22-41-75)92(110-66-76-42-23-10-24-43-76)91(87(113-88)70-107-63-73-36-17-7-18-37-73)115-96-94(112-68-78-46-27-12-28-47-78)93(111-67-77-44-25-11-26-45-77)89(108-64-74-38-19-8-20-39-74)86(114-96)69-106-62-72-34-15-6-16-35-72/h6-55,60-61,86-96,103H,56-59,62-71H2,1-5H3/t86?,87?,88-,89-,90?,91-,92+,93-,94?,95+,96-,99?,100?/m0/s1. The lowest BCUT2D eigenvalue weighted by molar-refractivity contribution is -0.362. The van der Waals surface area contributed by atoms with Crippen LogP contribution < -0.4 is 13.5 Å². The summed E-state index contributed by atoms with van der Waals surface area (Å²) in [6.07, 6.45) is -9.11. The zero-order valence-corrected chi connectivity index (χ0v) is 70.0. The Labute approximate surface area is 701 Å². The van der Waals surface area contributed by atoms with Crippen molar-refractivity contribution in [1.82, 2.24) is 0 Å². The van der Waals surface area contributed by atoms with Gasteiger partial charge in [-0.15, -0.1) is 0 Å². The van der Waals surface area contributed by atoms with Gasteiger partial charge in [0.05, 0.1) is 76.5 Å². The minimum absolute atomic E-state index is 0.0146. The number of anilines is 1. The third kappa shape index (κ3) is 20.8. The van der Waals surface area contributed by atoms with Gasteiger partial charge < -0.3 is 66.0 Å². The molecule has 1 amide bonds. The Morgan fingerprint density at radius 2 is 0.824 bits per heavy atom. The molecule has 0 radical (unpaired) electrons. The van der Waals surface area contributed by atoms with Gasteiger partial charge in [-0.2, -0.15) is 8.42 Å². The van der Waals surface area contributed by atoms with E-state index >= 15 is 13.2 Å². The molecule has 1 saturated carbocycles. The van der Waals surface area contributed by atoms with Crippen molar-refractivity contribution >= 4 is 30.0 Å². The Bertz CT molecular complexity index is 5120. The Morgan fingerprint density at radius 3 is 1.29 bits per heavy atom. The number of amides is 1. The highest BCUT2D eigenvalue weighted by Gasteiger charge is 2.65. The van der Waals surface area contributed by atoms with E-state index in [1.54, 1.807) is 18.2 Å².